The van der Waals surface area contributed by atoms with Crippen molar-refractivity contribution in [3.05, 3.63) is 65.5 Å². The lowest BCUT2D eigenvalue weighted by Gasteiger charge is -2.39. The molecule has 1 N–H and O–H groups in total. The summed E-state index contributed by atoms with van der Waals surface area (Å²) >= 11 is 0. The number of nitrogens with zero attached hydrogens (tertiary/aromatic N) is 2. The molecule has 5 heteroatoms. The molecule has 0 atom stereocenters. The van der Waals surface area contributed by atoms with Crippen LogP contribution in [0.1, 0.15) is 60.0 Å². The fourth-order valence-corrected chi connectivity index (χ4v) is 4.84. The largest absolute Gasteiger partial charge is 0.356 e. The van der Waals surface area contributed by atoms with Gasteiger partial charge in [-0.25, -0.2) is 0 Å². The summed E-state index contributed by atoms with van der Waals surface area (Å²) in [6, 6.07) is 11.8. The van der Waals surface area contributed by atoms with Gasteiger partial charge in [0.1, 0.15) is 0 Å². The summed E-state index contributed by atoms with van der Waals surface area (Å²) in [7, 11) is 0. The second-order valence-corrected chi connectivity index (χ2v) is 8.51. The van der Waals surface area contributed by atoms with Crippen LogP contribution < -0.4 is 5.32 Å². The molecule has 29 heavy (non-hydrogen) atoms. The third-order valence-electron chi connectivity index (χ3n) is 6.36. The number of hydrogen-bond acceptors (Lipinski definition) is 3. The van der Waals surface area contributed by atoms with Crippen LogP contribution in [0.4, 0.5) is 0 Å². The number of pyridine rings is 1. The van der Waals surface area contributed by atoms with Gasteiger partial charge in [0.25, 0.3) is 5.91 Å². The summed E-state index contributed by atoms with van der Waals surface area (Å²) in [5, 5.41) is 3.09. The van der Waals surface area contributed by atoms with Crippen molar-refractivity contribution in [2.45, 2.75) is 51.5 Å². The summed E-state index contributed by atoms with van der Waals surface area (Å²) in [6.45, 7) is 1.98. The maximum atomic E-state index is 12.8. The molecule has 0 unspecified atom stereocenters. The number of carbonyl (C=O) groups is 2. The molecular formula is C24H29N3O2. The number of rotatable bonds is 7. The summed E-state index contributed by atoms with van der Waals surface area (Å²) in [6.07, 6.45) is 10.4. The highest BCUT2D eigenvalue weighted by atomic mass is 16.2. The average Bonchev–Trinajstić information content (AvgIpc) is 3.05. The van der Waals surface area contributed by atoms with E-state index in [0.29, 0.717) is 26.1 Å². The van der Waals surface area contributed by atoms with Gasteiger partial charge in [0.15, 0.2) is 0 Å². The Morgan fingerprint density at radius 2 is 1.83 bits per heavy atom. The van der Waals surface area contributed by atoms with Gasteiger partial charge in [0.2, 0.25) is 5.91 Å². The van der Waals surface area contributed by atoms with E-state index in [2.05, 4.69) is 10.3 Å². The van der Waals surface area contributed by atoms with E-state index in [4.69, 9.17) is 0 Å². The number of hydrogen-bond donors (Lipinski definition) is 1. The van der Waals surface area contributed by atoms with Gasteiger partial charge in [-0.1, -0.05) is 37.5 Å². The molecule has 2 heterocycles. The molecule has 2 aliphatic rings. The summed E-state index contributed by atoms with van der Waals surface area (Å²) in [5.74, 6) is 0.216. The van der Waals surface area contributed by atoms with Crippen molar-refractivity contribution in [3.63, 3.8) is 0 Å². The van der Waals surface area contributed by atoms with Gasteiger partial charge >= 0.3 is 0 Å². The molecule has 4 rings (SSSR count). The predicted octanol–water partition coefficient (Wildman–Crippen LogP) is 3.74. The van der Waals surface area contributed by atoms with Gasteiger partial charge in [0, 0.05) is 44.0 Å². The fraction of sp³-hybridized carbons (Fsp3) is 0.458. The van der Waals surface area contributed by atoms with Crippen molar-refractivity contribution in [1.82, 2.24) is 15.2 Å². The minimum Gasteiger partial charge on any atom is -0.356 e. The standard InChI is InChI=1S/C24H29N3O2/c28-22(26-15-10-19-8-13-25-14-9-19)16-24(11-4-1-5-12-24)18-27-17-20-6-2-3-7-21(20)23(27)29/h2-3,6-9,13-14H,1,4-5,10-12,15-18H2,(H,26,28). The highest BCUT2D eigenvalue weighted by Gasteiger charge is 2.39. The van der Waals surface area contributed by atoms with E-state index in [1.807, 2.05) is 41.3 Å². The molecule has 1 saturated carbocycles. The zero-order valence-electron chi connectivity index (χ0n) is 16.9. The quantitative estimate of drug-likeness (QED) is 0.782. The molecule has 152 valence electrons. The second-order valence-electron chi connectivity index (χ2n) is 8.51. The van der Waals surface area contributed by atoms with Crippen LogP contribution in [0.2, 0.25) is 0 Å². The highest BCUT2D eigenvalue weighted by Crippen LogP contribution is 2.41. The van der Waals surface area contributed by atoms with E-state index in [1.165, 1.54) is 12.0 Å². The number of carbonyl (C=O) groups excluding carboxylic acids is 2. The van der Waals surface area contributed by atoms with Crippen molar-refractivity contribution in [3.8, 4) is 0 Å². The van der Waals surface area contributed by atoms with Crippen LogP contribution >= 0.6 is 0 Å². The first kappa shape index (κ1) is 19.6. The van der Waals surface area contributed by atoms with Crippen molar-refractivity contribution in [2.75, 3.05) is 13.1 Å². The normalized spacial score (nSPS) is 17.8. The van der Waals surface area contributed by atoms with Crippen LogP contribution in [0, 0.1) is 5.41 Å². The Balaban J connectivity index is 1.37. The number of nitrogens with one attached hydrogen (secondary N) is 1. The molecule has 0 radical (unpaired) electrons. The monoisotopic (exact) mass is 391 g/mol. The Morgan fingerprint density at radius 1 is 1.07 bits per heavy atom. The van der Waals surface area contributed by atoms with E-state index >= 15 is 0 Å². The second kappa shape index (κ2) is 8.76. The average molecular weight is 392 g/mol. The van der Waals surface area contributed by atoms with Crippen molar-refractivity contribution in [2.24, 2.45) is 5.41 Å². The van der Waals surface area contributed by atoms with Crippen LogP contribution in [0.15, 0.2) is 48.8 Å². The maximum Gasteiger partial charge on any atom is 0.254 e. The maximum absolute atomic E-state index is 12.8. The SMILES string of the molecule is O=C(CC1(CN2Cc3ccccc3C2=O)CCCCC1)NCCc1ccncc1. The Labute approximate surface area is 172 Å². The van der Waals surface area contributed by atoms with Gasteiger partial charge < -0.3 is 10.2 Å². The number of amides is 2. The first-order valence-corrected chi connectivity index (χ1v) is 10.7. The van der Waals surface area contributed by atoms with Gasteiger partial charge in [-0.3, -0.25) is 14.6 Å². The molecule has 1 aliphatic carbocycles. The molecule has 2 aromatic rings. The zero-order valence-corrected chi connectivity index (χ0v) is 16.9. The molecular weight excluding hydrogens is 362 g/mol. The molecule has 2 amide bonds. The lowest BCUT2D eigenvalue weighted by molar-refractivity contribution is -0.124. The third kappa shape index (κ3) is 4.66. The molecule has 1 aromatic heterocycles. The Bertz CT molecular complexity index is 859. The summed E-state index contributed by atoms with van der Waals surface area (Å²) in [5.41, 5.74) is 3.00. The van der Waals surface area contributed by atoms with Crippen molar-refractivity contribution >= 4 is 11.8 Å². The first-order chi connectivity index (χ1) is 14.2. The van der Waals surface area contributed by atoms with E-state index in [0.717, 1.165) is 43.2 Å². The molecule has 1 aromatic carbocycles. The zero-order chi connectivity index (χ0) is 20.1. The lowest BCUT2D eigenvalue weighted by atomic mass is 9.71. The Morgan fingerprint density at radius 3 is 2.59 bits per heavy atom. The Hall–Kier alpha value is -2.69. The summed E-state index contributed by atoms with van der Waals surface area (Å²) < 4.78 is 0. The molecule has 0 spiro atoms. The van der Waals surface area contributed by atoms with Gasteiger partial charge in [-0.2, -0.15) is 0 Å². The third-order valence-corrected chi connectivity index (χ3v) is 6.36. The molecule has 0 saturated heterocycles. The van der Waals surface area contributed by atoms with Crippen LogP contribution in [0.25, 0.3) is 0 Å². The predicted molar refractivity (Wildman–Crippen MR) is 112 cm³/mol. The van der Waals surface area contributed by atoms with Crippen LogP contribution in [0.3, 0.4) is 0 Å². The smallest absolute Gasteiger partial charge is 0.254 e. The minimum absolute atomic E-state index is 0.100. The highest BCUT2D eigenvalue weighted by molar-refractivity contribution is 5.98. The molecule has 0 bridgehead atoms. The van der Waals surface area contributed by atoms with E-state index < -0.39 is 0 Å². The van der Waals surface area contributed by atoms with Gasteiger partial charge in [0.05, 0.1) is 0 Å². The van der Waals surface area contributed by atoms with Gasteiger partial charge in [-0.05, 0) is 54.0 Å². The molecule has 5 nitrogen and oxygen atoms in total. The molecule has 1 aliphatic heterocycles. The lowest BCUT2D eigenvalue weighted by Crippen LogP contribution is -2.43. The van der Waals surface area contributed by atoms with E-state index in [9.17, 15) is 9.59 Å². The topological polar surface area (TPSA) is 62.3 Å². The number of fused-ring (bicyclic) bond motifs is 1. The minimum atomic E-state index is -0.100. The summed E-state index contributed by atoms with van der Waals surface area (Å²) in [4.78, 5) is 31.6. The number of benzene rings is 1. The first-order valence-electron chi connectivity index (χ1n) is 10.7. The van der Waals surface area contributed by atoms with Crippen LogP contribution in [-0.4, -0.2) is 34.8 Å². The van der Waals surface area contributed by atoms with Crippen molar-refractivity contribution < 1.29 is 9.59 Å². The van der Waals surface area contributed by atoms with Gasteiger partial charge in [-0.15, -0.1) is 0 Å². The number of aromatic nitrogens is 1. The van der Waals surface area contributed by atoms with Crippen molar-refractivity contribution in [1.29, 1.82) is 0 Å². The molecule has 1 fully saturated rings. The van der Waals surface area contributed by atoms with Crippen LogP contribution in [0.5, 0.6) is 0 Å². The fourth-order valence-electron chi connectivity index (χ4n) is 4.84. The van der Waals surface area contributed by atoms with E-state index in [1.54, 1.807) is 12.4 Å². The van der Waals surface area contributed by atoms with Crippen LogP contribution in [-0.2, 0) is 17.8 Å². The van der Waals surface area contributed by atoms with E-state index in [-0.39, 0.29) is 17.2 Å². The Kier molecular flexibility index (Phi) is 5.93.